The summed E-state index contributed by atoms with van der Waals surface area (Å²) in [6, 6.07) is 6.13. The summed E-state index contributed by atoms with van der Waals surface area (Å²) >= 11 is 6.12. The van der Waals surface area contributed by atoms with Crippen LogP contribution in [0.3, 0.4) is 0 Å². The Kier molecular flexibility index (Phi) is 3.06. The van der Waals surface area contributed by atoms with Crippen LogP contribution in [-0.4, -0.2) is 28.0 Å². The lowest BCUT2D eigenvalue weighted by atomic mass is 9.90. The number of pyridine rings is 1. The van der Waals surface area contributed by atoms with Crippen LogP contribution in [0, 0.1) is 0 Å². The van der Waals surface area contributed by atoms with Crippen LogP contribution >= 0.6 is 11.6 Å². The SMILES string of the molecule is O=C1CC(c2ccc(Cl)c3cccnc23)C(C(=O)O)N1. The van der Waals surface area contributed by atoms with Crippen LogP contribution in [0.2, 0.25) is 5.02 Å². The highest BCUT2D eigenvalue weighted by Crippen LogP contribution is 2.35. The Hall–Kier alpha value is -2.14. The molecule has 0 bridgehead atoms. The van der Waals surface area contributed by atoms with Gasteiger partial charge < -0.3 is 10.4 Å². The second-order valence-electron chi connectivity index (χ2n) is 4.73. The molecular formula is C14H11ClN2O3. The number of amides is 1. The minimum Gasteiger partial charge on any atom is -0.480 e. The highest BCUT2D eigenvalue weighted by atomic mass is 35.5. The number of carboxylic acid groups (broad SMARTS) is 1. The fourth-order valence-corrected chi connectivity index (χ4v) is 2.85. The zero-order valence-corrected chi connectivity index (χ0v) is 11.1. The van der Waals surface area contributed by atoms with Crippen molar-refractivity contribution in [2.45, 2.75) is 18.4 Å². The van der Waals surface area contributed by atoms with Gasteiger partial charge in [0.15, 0.2) is 0 Å². The Morgan fingerprint density at radius 2 is 2.20 bits per heavy atom. The molecular weight excluding hydrogens is 280 g/mol. The molecule has 2 N–H and O–H groups in total. The molecule has 2 unspecified atom stereocenters. The van der Waals surface area contributed by atoms with Crippen molar-refractivity contribution in [1.29, 1.82) is 0 Å². The molecule has 0 spiro atoms. The maximum absolute atomic E-state index is 11.5. The van der Waals surface area contributed by atoms with Gasteiger partial charge in [-0.15, -0.1) is 0 Å². The van der Waals surface area contributed by atoms with Crippen LogP contribution in [0.4, 0.5) is 0 Å². The normalized spacial score (nSPS) is 21.9. The summed E-state index contributed by atoms with van der Waals surface area (Å²) in [7, 11) is 0. The van der Waals surface area contributed by atoms with E-state index in [0.717, 1.165) is 10.9 Å². The smallest absolute Gasteiger partial charge is 0.326 e. The van der Waals surface area contributed by atoms with E-state index in [1.54, 1.807) is 24.4 Å². The molecule has 0 saturated carbocycles. The van der Waals surface area contributed by atoms with Gasteiger partial charge in [-0.05, 0) is 23.8 Å². The standard InChI is InChI=1S/C14H11ClN2O3/c15-10-4-3-7(12-8(10)2-1-5-16-12)9-6-11(18)17-13(9)14(19)20/h1-5,9,13H,6H2,(H,17,18)(H,19,20). The summed E-state index contributed by atoms with van der Waals surface area (Å²) in [5, 5.41) is 13.0. The number of rotatable bonds is 2. The van der Waals surface area contributed by atoms with E-state index in [1.807, 2.05) is 6.07 Å². The number of fused-ring (bicyclic) bond motifs is 1. The Bertz CT molecular complexity index is 717. The molecule has 1 aliphatic heterocycles. The predicted octanol–water partition coefficient (Wildman–Crippen LogP) is 1.94. The first kappa shape index (κ1) is 12.9. The van der Waals surface area contributed by atoms with Gasteiger partial charge in [0.05, 0.1) is 5.52 Å². The van der Waals surface area contributed by atoms with Crippen molar-refractivity contribution in [2.24, 2.45) is 0 Å². The summed E-state index contributed by atoms with van der Waals surface area (Å²) in [4.78, 5) is 27.1. The third-order valence-corrected chi connectivity index (χ3v) is 3.87. The molecule has 1 aromatic carbocycles. The molecule has 6 heteroatoms. The number of halogens is 1. The molecule has 1 aliphatic rings. The molecule has 1 saturated heterocycles. The van der Waals surface area contributed by atoms with Gasteiger partial charge in [-0.3, -0.25) is 9.78 Å². The third kappa shape index (κ3) is 2.00. The molecule has 0 aliphatic carbocycles. The molecule has 1 amide bonds. The molecule has 20 heavy (non-hydrogen) atoms. The summed E-state index contributed by atoms with van der Waals surface area (Å²) < 4.78 is 0. The molecule has 102 valence electrons. The van der Waals surface area contributed by atoms with Crippen molar-refractivity contribution < 1.29 is 14.7 Å². The highest BCUT2D eigenvalue weighted by Gasteiger charge is 2.39. The number of carbonyl (C=O) groups excluding carboxylic acids is 1. The average Bonchev–Trinajstić information content (AvgIpc) is 2.82. The number of hydrogen-bond donors (Lipinski definition) is 2. The topological polar surface area (TPSA) is 79.3 Å². The maximum Gasteiger partial charge on any atom is 0.326 e. The average molecular weight is 291 g/mol. The number of nitrogens with zero attached hydrogens (tertiary/aromatic N) is 1. The van der Waals surface area contributed by atoms with Gasteiger partial charge in [0.2, 0.25) is 5.91 Å². The van der Waals surface area contributed by atoms with E-state index in [-0.39, 0.29) is 12.3 Å². The van der Waals surface area contributed by atoms with Gasteiger partial charge in [-0.2, -0.15) is 0 Å². The second-order valence-corrected chi connectivity index (χ2v) is 5.14. The Labute approximate surface area is 119 Å². The van der Waals surface area contributed by atoms with E-state index >= 15 is 0 Å². The van der Waals surface area contributed by atoms with Crippen LogP contribution in [0.1, 0.15) is 17.9 Å². The number of hydrogen-bond acceptors (Lipinski definition) is 3. The van der Waals surface area contributed by atoms with E-state index < -0.39 is 17.9 Å². The number of aliphatic carboxylic acids is 1. The van der Waals surface area contributed by atoms with Crippen molar-refractivity contribution in [3.05, 3.63) is 41.0 Å². The van der Waals surface area contributed by atoms with E-state index in [9.17, 15) is 14.7 Å². The van der Waals surface area contributed by atoms with Gasteiger partial charge >= 0.3 is 5.97 Å². The van der Waals surface area contributed by atoms with Crippen molar-refractivity contribution in [3.8, 4) is 0 Å². The molecule has 3 rings (SSSR count). The van der Waals surface area contributed by atoms with E-state index in [4.69, 9.17) is 11.6 Å². The lowest BCUT2D eigenvalue weighted by Gasteiger charge is -2.17. The first-order valence-electron chi connectivity index (χ1n) is 6.13. The van der Waals surface area contributed by atoms with Crippen LogP contribution in [0.5, 0.6) is 0 Å². The summed E-state index contributed by atoms with van der Waals surface area (Å²) in [6.45, 7) is 0. The third-order valence-electron chi connectivity index (χ3n) is 3.54. The Morgan fingerprint density at radius 3 is 2.95 bits per heavy atom. The largest absolute Gasteiger partial charge is 0.480 e. The lowest BCUT2D eigenvalue weighted by Crippen LogP contribution is -2.36. The number of aromatic nitrogens is 1. The van der Waals surface area contributed by atoms with E-state index in [1.165, 1.54) is 0 Å². The minimum atomic E-state index is -1.04. The van der Waals surface area contributed by atoms with Crippen molar-refractivity contribution in [1.82, 2.24) is 10.3 Å². The van der Waals surface area contributed by atoms with Crippen LogP contribution in [0.25, 0.3) is 10.9 Å². The minimum absolute atomic E-state index is 0.143. The predicted molar refractivity (Wildman–Crippen MR) is 73.7 cm³/mol. The first-order valence-corrected chi connectivity index (χ1v) is 6.51. The van der Waals surface area contributed by atoms with E-state index in [2.05, 4.69) is 10.3 Å². The van der Waals surface area contributed by atoms with Gasteiger partial charge in [-0.1, -0.05) is 17.7 Å². The van der Waals surface area contributed by atoms with Crippen molar-refractivity contribution in [3.63, 3.8) is 0 Å². The van der Waals surface area contributed by atoms with E-state index in [0.29, 0.717) is 10.5 Å². The Balaban J connectivity index is 2.17. The quantitative estimate of drug-likeness (QED) is 0.886. The fraction of sp³-hybridized carbons (Fsp3) is 0.214. The monoisotopic (exact) mass is 290 g/mol. The highest BCUT2D eigenvalue weighted by molar-refractivity contribution is 6.35. The number of carbonyl (C=O) groups is 2. The molecule has 2 aromatic rings. The second kappa shape index (κ2) is 4.76. The Morgan fingerprint density at radius 1 is 1.40 bits per heavy atom. The zero-order chi connectivity index (χ0) is 14.3. The van der Waals surface area contributed by atoms with Gasteiger partial charge in [0, 0.05) is 28.9 Å². The summed E-state index contributed by atoms with van der Waals surface area (Å²) in [6.07, 6.45) is 1.77. The summed E-state index contributed by atoms with van der Waals surface area (Å²) in [5.41, 5.74) is 1.38. The molecule has 5 nitrogen and oxygen atoms in total. The fourth-order valence-electron chi connectivity index (χ4n) is 2.63. The molecule has 0 radical (unpaired) electrons. The molecule has 2 heterocycles. The van der Waals surface area contributed by atoms with Gasteiger partial charge in [-0.25, -0.2) is 4.79 Å². The molecule has 1 aromatic heterocycles. The van der Waals surface area contributed by atoms with Crippen LogP contribution in [-0.2, 0) is 9.59 Å². The number of nitrogens with one attached hydrogen (secondary N) is 1. The number of benzene rings is 1. The van der Waals surface area contributed by atoms with Crippen molar-refractivity contribution >= 4 is 34.4 Å². The van der Waals surface area contributed by atoms with Crippen molar-refractivity contribution in [2.75, 3.05) is 0 Å². The zero-order valence-electron chi connectivity index (χ0n) is 10.3. The lowest BCUT2D eigenvalue weighted by molar-refractivity contribution is -0.140. The van der Waals surface area contributed by atoms with Gasteiger partial charge in [0.1, 0.15) is 6.04 Å². The van der Waals surface area contributed by atoms with Crippen LogP contribution < -0.4 is 5.32 Å². The summed E-state index contributed by atoms with van der Waals surface area (Å²) in [5.74, 6) is -1.74. The maximum atomic E-state index is 11.5. The molecule has 1 fully saturated rings. The first-order chi connectivity index (χ1) is 9.58. The van der Waals surface area contributed by atoms with Crippen LogP contribution in [0.15, 0.2) is 30.5 Å². The van der Waals surface area contributed by atoms with Gasteiger partial charge in [0.25, 0.3) is 0 Å². The number of carboxylic acids is 1. The molecule has 2 atom stereocenters.